The van der Waals surface area contributed by atoms with Crippen molar-refractivity contribution in [1.82, 2.24) is 0 Å². The monoisotopic (exact) mass is 206 g/mol. The summed E-state index contributed by atoms with van der Waals surface area (Å²) < 4.78 is 32.3. The van der Waals surface area contributed by atoms with E-state index in [0.29, 0.717) is 0 Å². The Labute approximate surface area is 81.0 Å². The van der Waals surface area contributed by atoms with Crippen LogP contribution in [-0.2, 0) is 9.47 Å². The van der Waals surface area contributed by atoms with Crippen LogP contribution in [0.3, 0.4) is 0 Å². The van der Waals surface area contributed by atoms with Crippen LogP contribution in [0.4, 0.5) is 13.6 Å². The zero-order chi connectivity index (χ0) is 11.0. The normalized spacial score (nSPS) is 9.29. The molecular weight excluding hydrogens is 194 g/mol. The lowest BCUT2D eigenvalue weighted by Gasteiger charge is -2.06. The number of halogens is 2. The van der Waals surface area contributed by atoms with Gasteiger partial charge in [0.2, 0.25) is 0 Å². The van der Waals surface area contributed by atoms with Crippen LogP contribution in [0.2, 0.25) is 0 Å². The first-order valence-electron chi connectivity index (χ1n) is 3.97. The molecule has 0 aromatic heterocycles. The molecular formula is C9H12F2O3. The highest BCUT2D eigenvalue weighted by Gasteiger charge is 2.08. The number of carbonyl (C=O) groups excluding carboxylic acids is 1. The van der Waals surface area contributed by atoms with Gasteiger partial charge in [0.1, 0.15) is 11.5 Å². The first-order chi connectivity index (χ1) is 6.60. The van der Waals surface area contributed by atoms with Crippen LogP contribution in [0.5, 0.6) is 0 Å². The van der Waals surface area contributed by atoms with Crippen LogP contribution < -0.4 is 0 Å². The van der Waals surface area contributed by atoms with Gasteiger partial charge in [-0.05, 0) is 0 Å². The Morgan fingerprint density at radius 2 is 1.36 bits per heavy atom. The van der Waals surface area contributed by atoms with E-state index in [4.69, 9.17) is 0 Å². The molecule has 0 heterocycles. The molecule has 0 aliphatic carbocycles. The molecule has 3 nitrogen and oxygen atoms in total. The van der Waals surface area contributed by atoms with E-state index in [1.807, 2.05) is 0 Å². The molecule has 5 heteroatoms. The Morgan fingerprint density at radius 3 is 1.64 bits per heavy atom. The van der Waals surface area contributed by atoms with E-state index in [2.05, 4.69) is 22.6 Å². The average molecular weight is 206 g/mol. The van der Waals surface area contributed by atoms with Crippen molar-refractivity contribution < 1.29 is 23.0 Å². The quantitative estimate of drug-likeness (QED) is 0.495. The fourth-order valence-corrected chi connectivity index (χ4v) is 0.569. The molecule has 0 saturated heterocycles. The van der Waals surface area contributed by atoms with Gasteiger partial charge in [-0.15, -0.1) is 0 Å². The van der Waals surface area contributed by atoms with Crippen LogP contribution in [0.1, 0.15) is 12.8 Å². The maximum absolute atomic E-state index is 11.7. The van der Waals surface area contributed by atoms with Gasteiger partial charge in [0.05, 0.1) is 13.3 Å². The fourth-order valence-electron chi connectivity index (χ4n) is 0.569. The topological polar surface area (TPSA) is 35.5 Å². The summed E-state index contributed by atoms with van der Waals surface area (Å²) >= 11 is 0. The third-order valence-corrected chi connectivity index (χ3v) is 1.20. The van der Waals surface area contributed by atoms with Crippen molar-refractivity contribution in [2.45, 2.75) is 12.8 Å². The van der Waals surface area contributed by atoms with Gasteiger partial charge in [-0.2, -0.15) is 0 Å². The summed E-state index contributed by atoms with van der Waals surface area (Å²) in [5, 5.41) is 0. The van der Waals surface area contributed by atoms with Crippen molar-refractivity contribution in [1.29, 1.82) is 0 Å². The highest BCUT2D eigenvalue weighted by Crippen LogP contribution is 2.07. The van der Waals surface area contributed by atoms with Crippen molar-refractivity contribution in [2.75, 3.05) is 13.3 Å². The second-order valence-corrected chi connectivity index (χ2v) is 2.41. The average Bonchev–Trinajstić information content (AvgIpc) is 2.03. The molecule has 0 saturated carbocycles. The molecule has 0 aliphatic heterocycles. The SMILES string of the molecule is C=C(CCF)OC(=O)OC(=C)CCF. The Hall–Kier alpha value is -1.39. The van der Waals surface area contributed by atoms with Gasteiger partial charge in [-0.25, -0.2) is 4.79 Å². The second-order valence-electron chi connectivity index (χ2n) is 2.41. The van der Waals surface area contributed by atoms with Crippen LogP contribution >= 0.6 is 0 Å². The summed E-state index contributed by atoms with van der Waals surface area (Å²) in [6.45, 7) is 5.20. The lowest BCUT2D eigenvalue weighted by Crippen LogP contribution is -2.07. The maximum atomic E-state index is 11.7. The van der Waals surface area contributed by atoms with E-state index in [1.165, 1.54) is 0 Å². The predicted octanol–water partition coefficient (Wildman–Crippen LogP) is 2.89. The van der Waals surface area contributed by atoms with Gasteiger partial charge in [0, 0.05) is 12.8 Å². The largest absolute Gasteiger partial charge is 0.518 e. The number of alkyl halides is 2. The van der Waals surface area contributed by atoms with Crippen molar-refractivity contribution in [3.05, 3.63) is 24.7 Å². The van der Waals surface area contributed by atoms with Crippen LogP contribution in [-0.4, -0.2) is 19.5 Å². The summed E-state index contributed by atoms with van der Waals surface area (Å²) in [5.41, 5.74) is 0. The molecule has 0 fully saturated rings. The summed E-state index contributed by atoms with van der Waals surface area (Å²) in [5.74, 6) is -0.0731. The van der Waals surface area contributed by atoms with Gasteiger partial charge in [-0.3, -0.25) is 8.78 Å². The molecule has 0 spiro atoms. The maximum Gasteiger partial charge on any atom is 0.518 e. The second kappa shape index (κ2) is 7.06. The molecule has 0 N–H and O–H groups in total. The molecule has 0 atom stereocenters. The summed E-state index contributed by atoms with van der Waals surface area (Å²) in [4.78, 5) is 10.8. The standard InChI is InChI=1S/C9H12F2O3/c1-7(3-5-10)13-9(12)14-8(2)4-6-11/h1-6H2. The van der Waals surface area contributed by atoms with Crippen molar-refractivity contribution in [3.8, 4) is 0 Å². The van der Waals surface area contributed by atoms with Crippen molar-refractivity contribution in [2.24, 2.45) is 0 Å². The number of ether oxygens (including phenoxy) is 2. The fraction of sp³-hybridized carbons (Fsp3) is 0.444. The first kappa shape index (κ1) is 12.6. The number of rotatable bonds is 6. The zero-order valence-corrected chi connectivity index (χ0v) is 7.72. The van der Waals surface area contributed by atoms with Gasteiger partial charge in [0.25, 0.3) is 0 Å². The number of hydrogen-bond acceptors (Lipinski definition) is 3. The zero-order valence-electron chi connectivity index (χ0n) is 7.72. The highest BCUT2D eigenvalue weighted by atomic mass is 19.1. The first-order valence-corrected chi connectivity index (χ1v) is 3.97. The van der Waals surface area contributed by atoms with Crippen LogP contribution in [0.15, 0.2) is 24.7 Å². The Balaban J connectivity index is 3.75. The summed E-state index contributed by atoms with van der Waals surface area (Å²) in [6, 6.07) is 0. The van der Waals surface area contributed by atoms with Crippen LogP contribution in [0, 0.1) is 0 Å². The Morgan fingerprint density at radius 1 is 1.00 bits per heavy atom. The minimum Gasteiger partial charge on any atom is -0.400 e. The summed E-state index contributed by atoms with van der Waals surface area (Å²) in [7, 11) is 0. The number of carbonyl (C=O) groups is 1. The third kappa shape index (κ3) is 6.16. The Bertz CT molecular complexity index is 204. The molecule has 80 valence electrons. The predicted molar refractivity (Wildman–Crippen MR) is 47.0 cm³/mol. The lowest BCUT2D eigenvalue weighted by atomic mass is 10.4. The molecule has 0 rings (SSSR count). The third-order valence-electron chi connectivity index (χ3n) is 1.20. The van der Waals surface area contributed by atoms with E-state index in [-0.39, 0.29) is 24.4 Å². The molecule has 0 aromatic carbocycles. The molecule has 0 aliphatic rings. The van der Waals surface area contributed by atoms with E-state index in [1.54, 1.807) is 0 Å². The molecule has 14 heavy (non-hydrogen) atoms. The van der Waals surface area contributed by atoms with Gasteiger partial charge < -0.3 is 9.47 Å². The molecule has 0 aromatic rings. The molecule has 0 amide bonds. The van der Waals surface area contributed by atoms with E-state index in [0.717, 1.165) is 0 Å². The minimum absolute atomic E-state index is 0.0365. The Kier molecular flexibility index (Phi) is 6.36. The lowest BCUT2D eigenvalue weighted by molar-refractivity contribution is 0.0965. The minimum atomic E-state index is -1.07. The van der Waals surface area contributed by atoms with Crippen molar-refractivity contribution >= 4 is 6.16 Å². The summed E-state index contributed by atoms with van der Waals surface area (Å²) in [6.07, 6.45) is -1.23. The number of allylic oxidation sites excluding steroid dienone is 2. The number of hydrogen-bond donors (Lipinski definition) is 0. The van der Waals surface area contributed by atoms with Crippen LogP contribution in [0.25, 0.3) is 0 Å². The van der Waals surface area contributed by atoms with E-state index in [9.17, 15) is 13.6 Å². The molecule has 0 radical (unpaired) electrons. The van der Waals surface area contributed by atoms with Gasteiger partial charge in [-0.1, -0.05) is 13.2 Å². The van der Waals surface area contributed by atoms with E-state index < -0.39 is 19.5 Å². The van der Waals surface area contributed by atoms with Gasteiger partial charge >= 0.3 is 6.16 Å². The molecule has 0 bridgehead atoms. The van der Waals surface area contributed by atoms with Crippen molar-refractivity contribution in [3.63, 3.8) is 0 Å². The molecule has 0 unspecified atom stereocenters. The highest BCUT2D eigenvalue weighted by molar-refractivity contribution is 5.62. The van der Waals surface area contributed by atoms with E-state index >= 15 is 0 Å². The van der Waals surface area contributed by atoms with Gasteiger partial charge in [0.15, 0.2) is 0 Å². The smallest absolute Gasteiger partial charge is 0.400 e.